The van der Waals surface area contributed by atoms with Crippen molar-refractivity contribution in [2.24, 2.45) is 0 Å². The first-order valence-corrected chi connectivity index (χ1v) is 9.99. The van der Waals surface area contributed by atoms with Gasteiger partial charge in [-0.15, -0.1) is 0 Å². The smallest absolute Gasteiger partial charge is 0.277 e. The summed E-state index contributed by atoms with van der Waals surface area (Å²) >= 11 is 1.19. The predicted molar refractivity (Wildman–Crippen MR) is 108 cm³/mol. The Hall–Kier alpha value is -2.59. The molecule has 9 heteroatoms. The zero-order chi connectivity index (χ0) is 20.4. The Kier molecular flexibility index (Phi) is 5.72. The number of aliphatic hydroxyl groups is 2. The summed E-state index contributed by atoms with van der Waals surface area (Å²) < 4.78 is 19.5. The summed E-state index contributed by atoms with van der Waals surface area (Å²) in [5.41, 5.74) is 4.15. The first kappa shape index (κ1) is 19.7. The highest BCUT2D eigenvalue weighted by molar-refractivity contribution is 7.14. The van der Waals surface area contributed by atoms with Crippen molar-refractivity contribution in [3.8, 4) is 0 Å². The van der Waals surface area contributed by atoms with E-state index in [2.05, 4.69) is 15.2 Å². The third-order valence-electron chi connectivity index (χ3n) is 4.72. The molecule has 1 aliphatic carbocycles. The predicted octanol–water partition coefficient (Wildman–Crippen LogP) is 3.07. The second-order valence-electron chi connectivity index (χ2n) is 6.95. The monoisotopic (exact) mass is 417 g/mol. The maximum Gasteiger partial charge on any atom is 0.277 e. The number of amides is 1. The average molecular weight is 417 g/mol. The molecular formula is C20H20FN3O4S. The van der Waals surface area contributed by atoms with Crippen LogP contribution < -0.4 is 10.8 Å². The second kappa shape index (κ2) is 8.42. The van der Waals surface area contributed by atoms with Gasteiger partial charge in [-0.2, -0.15) is 4.37 Å². The van der Waals surface area contributed by atoms with E-state index in [1.54, 1.807) is 24.4 Å². The number of carbonyl (C=O) groups excluding carboxylic acids is 1. The highest BCUT2D eigenvalue weighted by Crippen LogP contribution is 2.41. The van der Waals surface area contributed by atoms with E-state index in [0.29, 0.717) is 16.3 Å². The molecule has 152 valence electrons. The Bertz CT molecular complexity index is 1040. The Morgan fingerprint density at radius 2 is 2.17 bits per heavy atom. The molecule has 0 radical (unpaired) electrons. The van der Waals surface area contributed by atoms with Crippen LogP contribution in [0.4, 0.5) is 15.8 Å². The van der Waals surface area contributed by atoms with E-state index in [1.807, 2.05) is 6.07 Å². The van der Waals surface area contributed by atoms with Gasteiger partial charge < -0.3 is 15.5 Å². The number of halogens is 1. The van der Waals surface area contributed by atoms with Gasteiger partial charge in [-0.05, 0) is 54.1 Å². The third-order valence-corrected chi connectivity index (χ3v) is 5.55. The van der Waals surface area contributed by atoms with Gasteiger partial charge in [0.05, 0.1) is 28.2 Å². The number of anilines is 2. The highest BCUT2D eigenvalue weighted by atomic mass is 32.1. The van der Waals surface area contributed by atoms with Gasteiger partial charge >= 0.3 is 0 Å². The van der Waals surface area contributed by atoms with Gasteiger partial charge in [-0.1, -0.05) is 12.1 Å². The molecule has 4 N–H and O–H groups in total. The van der Waals surface area contributed by atoms with Crippen molar-refractivity contribution in [1.82, 2.24) is 9.85 Å². The number of aliphatic hydroxyl groups excluding tert-OH is 2. The van der Waals surface area contributed by atoms with Crippen LogP contribution in [0.3, 0.4) is 0 Å². The minimum absolute atomic E-state index is 0.242. The van der Waals surface area contributed by atoms with Crippen molar-refractivity contribution >= 4 is 38.9 Å². The Morgan fingerprint density at radius 3 is 2.90 bits per heavy atom. The van der Waals surface area contributed by atoms with Crippen LogP contribution in [0.2, 0.25) is 0 Å². The summed E-state index contributed by atoms with van der Waals surface area (Å²) in [4.78, 5) is 17.5. The van der Waals surface area contributed by atoms with Crippen molar-refractivity contribution < 1.29 is 24.2 Å². The maximum absolute atomic E-state index is 14.7. The lowest BCUT2D eigenvalue weighted by atomic mass is 10.1. The Labute approximate surface area is 170 Å². The summed E-state index contributed by atoms with van der Waals surface area (Å²) in [6, 6.07) is 8.45. The fraction of sp³-hybridized carbons (Fsp3) is 0.300. The van der Waals surface area contributed by atoms with Crippen LogP contribution in [-0.4, -0.2) is 39.8 Å². The molecule has 0 aliphatic heterocycles. The molecule has 7 nitrogen and oxygen atoms in total. The first-order valence-electron chi connectivity index (χ1n) is 9.21. The fourth-order valence-corrected chi connectivity index (χ4v) is 3.75. The standard InChI is InChI=1S/C20H20FN3O4S/c21-16-7-12(11-1-2-11)4-6-17(16)23-18-15(5-3-13-8-22-29-19(13)18)20(27)24-28-10-14(26)9-25/h3-8,11,14,23,25-26H,1-2,9-10H2,(H,24,27). The van der Waals surface area contributed by atoms with Crippen LogP contribution in [0.15, 0.2) is 36.5 Å². The van der Waals surface area contributed by atoms with Crippen molar-refractivity contribution in [2.75, 3.05) is 18.5 Å². The molecule has 1 aliphatic rings. The minimum atomic E-state index is -1.10. The first-order chi connectivity index (χ1) is 14.1. The molecule has 4 rings (SSSR count). The summed E-state index contributed by atoms with van der Waals surface area (Å²) in [5.74, 6) is -0.510. The number of hydrogen-bond acceptors (Lipinski definition) is 7. The molecule has 1 atom stereocenters. The van der Waals surface area contributed by atoms with Gasteiger partial charge in [0.2, 0.25) is 0 Å². The molecule has 3 aromatic rings. The number of fused-ring (bicyclic) bond motifs is 1. The van der Waals surface area contributed by atoms with Gasteiger partial charge in [0.15, 0.2) is 0 Å². The number of hydrogen-bond donors (Lipinski definition) is 4. The highest BCUT2D eigenvalue weighted by Gasteiger charge is 2.24. The summed E-state index contributed by atoms with van der Waals surface area (Å²) in [7, 11) is 0. The third kappa shape index (κ3) is 4.38. The molecular weight excluding hydrogens is 397 g/mol. The lowest BCUT2D eigenvalue weighted by molar-refractivity contribution is -0.0295. The quantitative estimate of drug-likeness (QED) is 0.420. The van der Waals surface area contributed by atoms with Crippen LogP contribution in [0.25, 0.3) is 10.1 Å². The van der Waals surface area contributed by atoms with Crippen LogP contribution in [0.5, 0.6) is 0 Å². The fourth-order valence-electron chi connectivity index (χ4n) is 3.00. The number of nitrogens with one attached hydrogen (secondary N) is 2. The molecule has 0 spiro atoms. The second-order valence-corrected chi connectivity index (χ2v) is 7.75. The molecule has 1 fully saturated rings. The molecule has 1 saturated carbocycles. The summed E-state index contributed by atoms with van der Waals surface area (Å²) in [5, 5.41) is 22.0. The average Bonchev–Trinajstić information content (AvgIpc) is 3.46. The summed E-state index contributed by atoms with van der Waals surface area (Å²) in [6.07, 6.45) is 2.74. The maximum atomic E-state index is 14.7. The lowest BCUT2D eigenvalue weighted by Gasteiger charge is -2.15. The largest absolute Gasteiger partial charge is 0.394 e. The molecule has 1 amide bonds. The Balaban J connectivity index is 1.61. The minimum Gasteiger partial charge on any atom is -0.394 e. The molecule has 1 heterocycles. The lowest BCUT2D eigenvalue weighted by Crippen LogP contribution is -2.30. The van der Waals surface area contributed by atoms with Crippen molar-refractivity contribution in [1.29, 1.82) is 0 Å². The van der Waals surface area contributed by atoms with Crippen LogP contribution in [-0.2, 0) is 4.84 Å². The number of carbonyl (C=O) groups is 1. The van der Waals surface area contributed by atoms with Crippen LogP contribution in [0, 0.1) is 5.82 Å². The number of rotatable bonds is 8. The number of benzene rings is 2. The SMILES string of the molecule is O=C(NOCC(O)CO)c1ccc2cnsc2c1Nc1ccc(C2CC2)cc1F. The molecule has 29 heavy (non-hydrogen) atoms. The van der Waals surface area contributed by atoms with E-state index in [4.69, 9.17) is 9.94 Å². The van der Waals surface area contributed by atoms with E-state index < -0.39 is 18.6 Å². The number of hydroxylamine groups is 1. The number of nitrogens with zero attached hydrogens (tertiary/aromatic N) is 1. The van der Waals surface area contributed by atoms with Gasteiger partial charge in [0, 0.05) is 11.6 Å². The number of aromatic nitrogens is 1. The zero-order valence-corrected chi connectivity index (χ0v) is 16.2. The van der Waals surface area contributed by atoms with E-state index in [0.717, 1.165) is 23.8 Å². The Morgan fingerprint density at radius 1 is 1.34 bits per heavy atom. The van der Waals surface area contributed by atoms with Crippen LogP contribution in [0.1, 0.15) is 34.7 Å². The normalized spacial score (nSPS) is 14.7. The molecule has 0 saturated heterocycles. The van der Waals surface area contributed by atoms with Gasteiger partial charge in [0.25, 0.3) is 5.91 Å². The van der Waals surface area contributed by atoms with E-state index >= 15 is 0 Å². The topological polar surface area (TPSA) is 104 Å². The van der Waals surface area contributed by atoms with Crippen LogP contribution >= 0.6 is 11.5 Å². The van der Waals surface area contributed by atoms with Gasteiger partial charge in [-0.25, -0.2) is 9.87 Å². The molecule has 0 bridgehead atoms. The summed E-state index contributed by atoms with van der Waals surface area (Å²) in [6.45, 7) is -0.739. The molecule has 1 aromatic heterocycles. The molecule has 1 unspecified atom stereocenters. The van der Waals surface area contributed by atoms with Gasteiger partial charge in [0.1, 0.15) is 18.5 Å². The van der Waals surface area contributed by atoms with E-state index in [9.17, 15) is 14.3 Å². The van der Waals surface area contributed by atoms with E-state index in [-0.39, 0.29) is 23.7 Å². The zero-order valence-electron chi connectivity index (χ0n) is 15.4. The van der Waals surface area contributed by atoms with Crippen molar-refractivity contribution in [2.45, 2.75) is 24.9 Å². The van der Waals surface area contributed by atoms with Crippen molar-refractivity contribution in [3.05, 3.63) is 53.5 Å². The molecule has 2 aromatic carbocycles. The van der Waals surface area contributed by atoms with Gasteiger partial charge in [-0.3, -0.25) is 9.63 Å². The van der Waals surface area contributed by atoms with Crippen molar-refractivity contribution in [3.63, 3.8) is 0 Å². The van der Waals surface area contributed by atoms with E-state index in [1.165, 1.54) is 17.6 Å².